The predicted molar refractivity (Wildman–Crippen MR) is 51.9 cm³/mol. The Morgan fingerprint density at radius 3 is 2.64 bits per heavy atom. The van der Waals surface area contributed by atoms with Crippen molar-refractivity contribution in [2.24, 2.45) is 0 Å². The molecule has 11 heavy (non-hydrogen) atoms. The molecule has 0 amide bonds. The molecular weight excluding hydrogens is 156 g/mol. The van der Waals surface area contributed by atoms with Gasteiger partial charge < -0.3 is 0 Å². The van der Waals surface area contributed by atoms with Crippen LogP contribution in [0.25, 0.3) is 0 Å². The Morgan fingerprint density at radius 1 is 1.36 bits per heavy atom. The molecule has 0 aliphatic heterocycles. The number of terminal acetylenes is 1. The number of hydrogen-bond acceptors (Lipinski definition) is 0. The van der Waals surface area contributed by atoms with Gasteiger partial charge >= 0.3 is 0 Å². The Hall–Kier alpha value is -0.150. The van der Waals surface area contributed by atoms with Crippen molar-refractivity contribution in [3.05, 3.63) is 0 Å². The van der Waals surface area contributed by atoms with Crippen molar-refractivity contribution in [3.63, 3.8) is 0 Å². The van der Waals surface area contributed by atoms with E-state index in [1.54, 1.807) is 0 Å². The Bertz CT molecular complexity index is 113. The molecule has 0 heterocycles. The van der Waals surface area contributed by atoms with Crippen molar-refractivity contribution in [1.82, 2.24) is 0 Å². The fourth-order valence-corrected chi connectivity index (χ4v) is 1.13. The molecule has 0 aliphatic rings. The van der Waals surface area contributed by atoms with E-state index in [1.807, 2.05) is 0 Å². The topological polar surface area (TPSA) is 0 Å². The van der Waals surface area contributed by atoms with Gasteiger partial charge in [-0.3, -0.25) is 0 Å². The zero-order chi connectivity index (χ0) is 8.53. The number of hydrogen-bond donors (Lipinski definition) is 0. The van der Waals surface area contributed by atoms with Crippen molar-refractivity contribution >= 4 is 11.6 Å². The molecule has 0 radical (unpaired) electrons. The molecule has 1 atom stereocenters. The zero-order valence-corrected chi connectivity index (χ0v) is 8.03. The van der Waals surface area contributed by atoms with Crippen LogP contribution in [-0.4, -0.2) is 5.38 Å². The molecule has 0 saturated heterocycles. The Kier molecular flexibility index (Phi) is 7.84. The molecule has 1 heteroatoms. The summed E-state index contributed by atoms with van der Waals surface area (Å²) >= 11 is 5.94. The molecule has 64 valence electrons. The summed E-state index contributed by atoms with van der Waals surface area (Å²) in [5.41, 5.74) is 0. The van der Waals surface area contributed by atoms with Crippen LogP contribution in [0.3, 0.4) is 0 Å². The number of alkyl halides is 1. The lowest BCUT2D eigenvalue weighted by Crippen LogP contribution is -1.94. The lowest BCUT2D eigenvalue weighted by Gasteiger charge is -2.04. The molecular formula is C10H17Cl. The second kappa shape index (κ2) is 7.95. The SMILES string of the molecule is C#CCCCCCC(Cl)CC. The Balaban J connectivity index is 2.97. The van der Waals surface area contributed by atoms with E-state index in [1.165, 1.54) is 12.8 Å². The van der Waals surface area contributed by atoms with E-state index in [4.69, 9.17) is 18.0 Å². The molecule has 0 aromatic carbocycles. The monoisotopic (exact) mass is 172 g/mol. The highest BCUT2D eigenvalue weighted by atomic mass is 35.5. The molecule has 0 bridgehead atoms. The molecule has 0 aliphatic carbocycles. The van der Waals surface area contributed by atoms with Gasteiger partial charge in [-0.05, 0) is 19.3 Å². The van der Waals surface area contributed by atoms with E-state index in [0.29, 0.717) is 5.38 Å². The second-order valence-corrected chi connectivity index (χ2v) is 3.43. The third kappa shape index (κ3) is 7.75. The highest BCUT2D eigenvalue weighted by Gasteiger charge is 1.99. The van der Waals surface area contributed by atoms with E-state index in [2.05, 4.69) is 12.8 Å². The van der Waals surface area contributed by atoms with Crippen LogP contribution in [0.15, 0.2) is 0 Å². The molecule has 0 aromatic heterocycles. The van der Waals surface area contributed by atoms with Crippen molar-refractivity contribution < 1.29 is 0 Å². The van der Waals surface area contributed by atoms with Crippen LogP contribution in [0.1, 0.15) is 45.4 Å². The van der Waals surface area contributed by atoms with Crippen LogP contribution < -0.4 is 0 Å². The minimum atomic E-state index is 0.376. The lowest BCUT2D eigenvalue weighted by molar-refractivity contribution is 0.619. The summed E-state index contributed by atoms with van der Waals surface area (Å²) in [7, 11) is 0. The summed E-state index contributed by atoms with van der Waals surface area (Å²) in [6, 6.07) is 0. The van der Waals surface area contributed by atoms with Crippen LogP contribution in [-0.2, 0) is 0 Å². The first-order chi connectivity index (χ1) is 5.31. The van der Waals surface area contributed by atoms with E-state index in [9.17, 15) is 0 Å². The van der Waals surface area contributed by atoms with Gasteiger partial charge in [-0.15, -0.1) is 23.9 Å². The van der Waals surface area contributed by atoms with Gasteiger partial charge in [-0.2, -0.15) is 0 Å². The summed E-state index contributed by atoms with van der Waals surface area (Å²) in [4.78, 5) is 0. The third-order valence-electron chi connectivity index (χ3n) is 1.78. The fraction of sp³-hybridized carbons (Fsp3) is 0.800. The Morgan fingerprint density at radius 2 is 2.09 bits per heavy atom. The third-order valence-corrected chi connectivity index (χ3v) is 2.31. The maximum absolute atomic E-state index is 5.94. The van der Waals surface area contributed by atoms with Crippen LogP contribution in [0.4, 0.5) is 0 Å². The number of rotatable bonds is 6. The molecule has 0 saturated carbocycles. The molecule has 1 unspecified atom stereocenters. The molecule has 0 N–H and O–H groups in total. The first-order valence-corrected chi connectivity index (χ1v) is 4.82. The average Bonchev–Trinajstić information content (AvgIpc) is 2.04. The standard InChI is InChI=1S/C10H17Cl/c1-3-5-6-7-8-9-10(11)4-2/h1,10H,4-9H2,2H3. The average molecular weight is 173 g/mol. The van der Waals surface area contributed by atoms with Gasteiger partial charge in [0.05, 0.1) is 0 Å². The normalized spacial score (nSPS) is 12.5. The lowest BCUT2D eigenvalue weighted by atomic mass is 10.1. The first-order valence-electron chi connectivity index (χ1n) is 4.38. The molecule has 0 fully saturated rings. The van der Waals surface area contributed by atoms with Gasteiger partial charge in [-0.1, -0.05) is 19.8 Å². The van der Waals surface area contributed by atoms with Crippen molar-refractivity contribution in [2.45, 2.75) is 50.8 Å². The van der Waals surface area contributed by atoms with Gasteiger partial charge in [0.15, 0.2) is 0 Å². The van der Waals surface area contributed by atoms with Crippen LogP contribution >= 0.6 is 11.6 Å². The van der Waals surface area contributed by atoms with Crippen LogP contribution in [0, 0.1) is 12.3 Å². The van der Waals surface area contributed by atoms with Gasteiger partial charge in [-0.25, -0.2) is 0 Å². The maximum atomic E-state index is 5.94. The van der Waals surface area contributed by atoms with E-state index < -0.39 is 0 Å². The number of halogens is 1. The molecule has 0 spiro atoms. The van der Waals surface area contributed by atoms with E-state index >= 15 is 0 Å². The molecule has 0 rings (SSSR count). The zero-order valence-electron chi connectivity index (χ0n) is 7.28. The minimum Gasteiger partial charge on any atom is -0.123 e. The summed E-state index contributed by atoms with van der Waals surface area (Å²) in [6.45, 7) is 2.12. The minimum absolute atomic E-state index is 0.376. The highest BCUT2D eigenvalue weighted by Crippen LogP contribution is 2.12. The van der Waals surface area contributed by atoms with Gasteiger partial charge in [0.2, 0.25) is 0 Å². The second-order valence-electron chi connectivity index (χ2n) is 2.81. The first kappa shape index (κ1) is 10.8. The summed E-state index contributed by atoms with van der Waals surface area (Å²) in [5.74, 6) is 2.64. The van der Waals surface area contributed by atoms with Crippen LogP contribution in [0.5, 0.6) is 0 Å². The van der Waals surface area contributed by atoms with Crippen molar-refractivity contribution in [1.29, 1.82) is 0 Å². The summed E-state index contributed by atoms with van der Waals surface area (Å²) < 4.78 is 0. The van der Waals surface area contributed by atoms with E-state index in [-0.39, 0.29) is 0 Å². The quantitative estimate of drug-likeness (QED) is 0.326. The van der Waals surface area contributed by atoms with Crippen molar-refractivity contribution in [3.8, 4) is 12.3 Å². The van der Waals surface area contributed by atoms with Crippen molar-refractivity contribution in [2.75, 3.05) is 0 Å². The smallest absolute Gasteiger partial charge is 0.0333 e. The molecule has 0 aromatic rings. The van der Waals surface area contributed by atoms with E-state index in [0.717, 1.165) is 25.7 Å². The summed E-state index contributed by atoms with van der Waals surface area (Å²) in [5, 5.41) is 0.376. The highest BCUT2D eigenvalue weighted by molar-refractivity contribution is 6.20. The predicted octanol–water partition coefficient (Wildman–Crippen LogP) is 3.59. The van der Waals surface area contributed by atoms with Gasteiger partial charge in [0.1, 0.15) is 0 Å². The fourth-order valence-electron chi connectivity index (χ4n) is 0.974. The Labute approximate surface area is 75.3 Å². The van der Waals surface area contributed by atoms with Crippen LogP contribution in [0.2, 0.25) is 0 Å². The largest absolute Gasteiger partial charge is 0.123 e. The van der Waals surface area contributed by atoms with Gasteiger partial charge in [0, 0.05) is 11.8 Å². The van der Waals surface area contributed by atoms with Gasteiger partial charge in [0.25, 0.3) is 0 Å². The number of unbranched alkanes of at least 4 members (excludes halogenated alkanes) is 3. The maximum Gasteiger partial charge on any atom is 0.0333 e. The molecule has 0 nitrogen and oxygen atoms in total. The summed E-state index contributed by atoms with van der Waals surface area (Å²) in [6.07, 6.45) is 11.9.